The standard InChI is InChI=1S/C16H26N4O4S/c1-19-11-13(10-18-19)15-12-25(22,23)9-7-20(15)16(21)17-6-5-14-4-2-3-8-24-14/h10-11,14-15H,2-9,12H2,1H3,(H,17,21)/t14-,15-/m1/s1. The van der Waals surface area contributed by atoms with Crippen LogP contribution in [0, 0.1) is 0 Å². The summed E-state index contributed by atoms with van der Waals surface area (Å²) >= 11 is 0. The number of urea groups is 1. The predicted molar refractivity (Wildman–Crippen MR) is 92.9 cm³/mol. The molecule has 25 heavy (non-hydrogen) atoms. The molecule has 0 radical (unpaired) electrons. The van der Waals surface area contributed by atoms with Crippen LogP contribution in [0.2, 0.25) is 0 Å². The molecule has 1 aromatic heterocycles. The Labute approximate surface area is 148 Å². The van der Waals surface area contributed by atoms with E-state index >= 15 is 0 Å². The predicted octanol–water partition coefficient (Wildman–Crippen LogP) is 0.860. The topological polar surface area (TPSA) is 93.5 Å². The highest BCUT2D eigenvalue weighted by Crippen LogP contribution is 2.26. The Hall–Kier alpha value is -1.61. The van der Waals surface area contributed by atoms with Crippen LogP contribution < -0.4 is 5.32 Å². The number of amides is 2. The molecule has 2 fully saturated rings. The van der Waals surface area contributed by atoms with E-state index in [1.165, 1.54) is 6.42 Å². The van der Waals surface area contributed by atoms with Gasteiger partial charge in [-0.2, -0.15) is 5.10 Å². The van der Waals surface area contributed by atoms with Gasteiger partial charge >= 0.3 is 6.03 Å². The Kier molecular flexibility index (Phi) is 5.63. The molecular formula is C16H26N4O4S. The van der Waals surface area contributed by atoms with Crippen LogP contribution in [0.3, 0.4) is 0 Å². The third-order valence-corrected chi connectivity index (χ3v) is 6.45. The Morgan fingerprint density at radius 1 is 1.44 bits per heavy atom. The summed E-state index contributed by atoms with van der Waals surface area (Å²) in [7, 11) is -1.38. The number of aryl methyl sites for hydroxylation is 1. The molecule has 0 aliphatic carbocycles. The number of nitrogens with zero attached hydrogens (tertiary/aromatic N) is 3. The fourth-order valence-electron chi connectivity index (χ4n) is 3.42. The Morgan fingerprint density at radius 3 is 2.96 bits per heavy atom. The maximum Gasteiger partial charge on any atom is 0.317 e. The summed E-state index contributed by atoms with van der Waals surface area (Å²) in [6.07, 6.45) is 7.71. The molecule has 3 heterocycles. The van der Waals surface area contributed by atoms with E-state index in [2.05, 4.69) is 10.4 Å². The van der Waals surface area contributed by atoms with Gasteiger partial charge in [0, 0.05) is 38.5 Å². The lowest BCUT2D eigenvalue weighted by molar-refractivity contribution is 0.0118. The van der Waals surface area contributed by atoms with Gasteiger partial charge in [0.1, 0.15) is 0 Å². The van der Waals surface area contributed by atoms with E-state index in [1.54, 1.807) is 29.0 Å². The van der Waals surface area contributed by atoms with Crippen molar-refractivity contribution < 1.29 is 17.9 Å². The minimum absolute atomic E-state index is 0.00290. The first kappa shape index (κ1) is 18.2. The average Bonchev–Trinajstić information content (AvgIpc) is 3.01. The van der Waals surface area contributed by atoms with Crippen molar-refractivity contribution in [2.45, 2.75) is 37.8 Å². The Balaban J connectivity index is 1.60. The molecule has 1 aromatic rings. The van der Waals surface area contributed by atoms with Gasteiger partial charge in [-0.05, 0) is 25.7 Å². The number of sulfone groups is 1. The highest BCUT2D eigenvalue weighted by atomic mass is 32.2. The lowest BCUT2D eigenvalue weighted by Crippen LogP contribution is -2.50. The molecule has 0 aromatic carbocycles. The first-order valence-electron chi connectivity index (χ1n) is 8.80. The van der Waals surface area contributed by atoms with Gasteiger partial charge in [-0.25, -0.2) is 13.2 Å². The van der Waals surface area contributed by atoms with Gasteiger partial charge < -0.3 is 15.0 Å². The number of rotatable bonds is 4. The van der Waals surface area contributed by atoms with Gasteiger partial charge in [-0.3, -0.25) is 4.68 Å². The third-order valence-electron chi connectivity index (χ3n) is 4.82. The van der Waals surface area contributed by atoms with E-state index in [0.717, 1.165) is 31.4 Å². The average molecular weight is 370 g/mol. The monoisotopic (exact) mass is 370 g/mol. The van der Waals surface area contributed by atoms with E-state index in [-0.39, 0.29) is 30.2 Å². The van der Waals surface area contributed by atoms with Crippen LogP contribution in [0.5, 0.6) is 0 Å². The molecule has 2 atom stereocenters. The van der Waals surface area contributed by atoms with Crippen molar-refractivity contribution in [1.82, 2.24) is 20.0 Å². The molecule has 2 aliphatic rings. The summed E-state index contributed by atoms with van der Waals surface area (Å²) < 4.78 is 31.3. The first-order valence-corrected chi connectivity index (χ1v) is 10.6. The first-order chi connectivity index (χ1) is 11.9. The van der Waals surface area contributed by atoms with Crippen LogP contribution >= 0.6 is 0 Å². The van der Waals surface area contributed by atoms with Gasteiger partial charge in [0.2, 0.25) is 0 Å². The number of hydrogen-bond donors (Lipinski definition) is 1. The summed E-state index contributed by atoms with van der Waals surface area (Å²) in [5.74, 6) is -0.0548. The fourth-order valence-corrected chi connectivity index (χ4v) is 4.91. The van der Waals surface area contributed by atoms with Crippen molar-refractivity contribution in [3.05, 3.63) is 18.0 Å². The second-order valence-electron chi connectivity index (χ2n) is 6.78. The molecular weight excluding hydrogens is 344 g/mol. The van der Waals surface area contributed by atoms with Gasteiger partial charge in [-0.15, -0.1) is 0 Å². The lowest BCUT2D eigenvalue weighted by Gasteiger charge is -2.35. The molecule has 2 aliphatic heterocycles. The highest BCUT2D eigenvalue weighted by Gasteiger charge is 2.35. The van der Waals surface area contributed by atoms with Gasteiger partial charge in [0.25, 0.3) is 0 Å². The van der Waals surface area contributed by atoms with Gasteiger partial charge in [-0.1, -0.05) is 0 Å². The summed E-state index contributed by atoms with van der Waals surface area (Å²) in [6, 6.07) is -0.710. The summed E-state index contributed by atoms with van der Waals surface area (Å²) in [4.78, 5) is 14.2. The normalized spacial score (nSPS) is 26.4. The second-order valence-corrected chi connectivity index (χ2v) is 9.01. The van der Waals surface area contributed by atoms with Crippen molar-refractivity contribution >= 4 is 15.9 Å². The highest BCUT2D eigenvalue weighted by molar-refractivity contribution is 7.91. The lowest BCUT2D eigenvalue weighted by atomic mass is 10.1. The summed E-state index contributed by atoms with van der Waals surface area (Å²) in [5.41, 5.74) is 0.747. The number of hydrogen-bond acceptors (Lipinski definition) is 5. The van der Waals surface area contributed by atoms with Crippen LogP contribution in [-0.2, 0) is 21.6 Å². The minimum Gasteiger partial charge on any atom is -0.378 e. The number of ether oxygens (including phenoxy) is 1. The molecule has 0 saturated carbocycles. The fraction of sp³-hybridized carbons (Fsp3) is 0.750. The third kappa shape index (κ3) is 4.72. The van der Waals surface area contributed by atoms with Crippen LogP contribution in [0.4, 0.5) is 4.79 Å². The van der Waals surface area contributed by atoms with Crippen molar-refractivity contribution in [3.8, 4) is 0 Å². The Bertz CT molecular complexity index is 697. The summed E-state index contributed by atoms with van der Waals surface area (Å²) in [6.45, 7) is 1.53. The van der Waals surface area contributed by atoms with Gasteiger partial charge in [0.15, 0.2) is 9.84 Å². The molecule has 0 spiro atoms. The molecule has 9 heteroatoms. The number of nitrogens with one attached hydrogen (secondary N) is 1. The van der Waals surface area contributed by atoms with Crippen LogP contribution in [0.25, 0.3) is 0 Å². The van der Waals surface area contributed by atoms with Crippen LogP contribution in [-0.4, -0.2) is 66.4 Å². The number of aromatic nitrogens is 2. The second kappa shape index (κ2) is 7.74. The molecule has 8 nitrogen and oxygen atoms in total. The maximum atomic E-state index is 12.6. The van der Waals surface area contributed by atoms with Crippen LogP contribution in [0.1, 0.15) is 37.3 Å². The maximum absolute atomic E-state index is 12.6. The molecule has 0 unspecified atom stereocenters. The molecule has 2 saturated heterocycles. The minimum atomic E-state index is -3.15. The number of carbonyl (C=O) groups excluding carboxylic acids is 1. The van der Waals surface area contributed by atoms with Crippen molar-refractivity contribution in [3.63, 3.8) is 0 Å². The van der Waals surface area contributed by atoms with E-state index in [4.69, 9.17) is 4.74 Å². The molecule has 0 bridgehead atoms. The zero-order valence-electron chi connectivity index (χ0n) is 14.6. The van der Waals surface area contributed by atoms with E-state index in [1.807, 2.05) is 0 Å². The zero-order chi connectivity index (χ0) is 17.9. The largest absolute Gasteiger partial charge is 0.378 e. The SMILES string of the molecule is Cn1cc([C@H]2CS(=O)(=O)CCN2C(=O)NCC[C@H]2CCCCO2)cn1. The van der Waals surface area contributed by atoms with E-state index < -0.39 is 15.9 Å². The van der Waals surface area contributed by atoms with E-state index in [0.29, 0.717) is 6.54 Å². The van der Waals surface area contributed by atoms with Crippen molar-refractivity contribution in [2.24, 2.45) is 7.05 Å². The zero-order valence-corrected chi connectivity index (χ0v) is 15.4. The van der Waals surface area contributed by atoms with Crippen molar-refractivity contribution in [2.75, 3.05) is 31.2 Å². The Morgan fingerprint density at radius 2 is 2.28 bits per heavy atom. The quantitative estimate of drug-likeness (QED) is 0.848. The number of carbonyl (C=O) groups is 1. The van der Waals surface area contributed by atoms with E-state index in [9.17, 15) is 13.2 Å². The molecule has 1 N–H and O–H groups in total. The van der Waals surface area contributed by atoms with Gasteiger partial charge in [0.05, 0.1) is 29.8 Å². The van der Waals surface area contributed by atoms with Crippen molar-refractivity contribution in [1.29, 1.82) is 0 Å². The molecule has 2 amide bonds. The summed E-state index contributed by atoms with van der Waals surface area (Å²) in [5, 5.41) is 7.02. The smallest absolute Gasteiger partial charge is 0.317 e. The van der Waals surface area contributed by atoms with Crippen LogP contribution in [0.15, 0.2) is 12.4 Å². The molecule has 140 valence electrons. The molecule has 3 rings (SSSR count).